The third-order valence-corrected chi connectivity index (χ3v) is 5.92. The highest BCUT2D eigenvalue weighted by atomic mass is 32.2. The quantitative estimate of drug-likeness (QED) is 0.745. The molecule has 1 aromatic heterocycles. The van der Waals surface area contributed by atoms with Crippen LogP contribution in [0.3, 0.4) is 0 Å². The van der Waals surface area contributed by atoms with Crippen LogP contribution < -0.4 is 0 Å². The Morgan fingerprint density at radius 2 is 2.18 bits per heavy atom. The van der Waals surface area contributed by atoms with Crippen LogP contribution in [0, 0.1) is 6.92 Å². The highest BCUT2D eigenvalue weighted by Crippen LogP contribution is 2.39. The first kappa shape index (κ1) is 15.6. The van der Waals surface area contributed by atoms with E-state index in [9.17, 15) is 4.79 Å². The SMILES string of the molecule is Cc1ccccc1C1SCC(=O)N1CCSCc1ccco1. The first-order valence-corrected chi connectivity index (χ1v) is 9.53. The van der Waals surface area contributed by atoms with Gasteiger partial charge in [0.2, 0.25) is 5.91 Å². The van der Waals surface area contributed by atoms with Crippen LogP contribution in [0.25, 0.3) is 0 Å². The van der Waals surface area contributed by atoms with E-state index in [-0.39, 0.29) is 11.3 Å². The number of aryl methyl sites for hydroxylation is 1. The van der Waals surface area contributed by atoms with Crippen molar-refractivity contribution in [3.8, 4) is 0 Å². The molecule has 0 N–H and O–H groups in total. The number of furan rings is 1. The van der Waals surface area contributed by atoms with Crippen LogP contribution in [-0.4, -0.2) is 28.9 Å². The Morgan fingerprint density at radius 1 is 1.32 bits per heavy atom. The number of nitrogens with zero attached hydrogens (tertiary/aromatic N) is 1. The van der Waals surface area contributed by atoms with E-state index in [1.807, 2.05) is 23.1 Å². The van der Waals surface area contributed by atoms with Crippen molar-refractivity contribution in [1.29, 1.82) is 0 Å². The predicted octanol–water partition coefficient (Wildman–Crippen LogP) is 4.10. The fourth-order valence-electron chi connectivity index (χ4n) is 2.55. The lowest BCUT2D eigenvalue weighted by molar-refractivity contribution is -0.127. The molecule has 2 aromatic rings. The van der Waals surface area contributed by atoms with Crippen molar-refractivity contribution in [1.82, 2.24) is 4.90 Å². The molecule has 1 fully saturated rings. The van der Waals surface area contributed by atoms with Crippen molar-refractivity contribution in [3.63, 3.8) is 0 Å². The molecule has 1 amide bonds. The lowest BCUT2D eigenvalue weighted by Crippen LogP contribution is -2.30. The summed E-state index contributed by atoms with van der Waals surface area (Å²) in [4.78, 5) is 14.2. The van der Waals surface area contributed by atoms with Gasteiger partial charge in [0, 0.05) is 12.3 Å². The highest BCUT2D eigenvalue weighted by molar-refractivity contribution is 8.00. The van der Waals surface area contributed by atoms with Gasteiger partial charge < -0.3 is 9.32 Å². The fraction of sp³-hybridized carbons (Fsp3) is 0.353. The van der Waals surface area contributed by atoms with Crippen LogP contribution in [0.1, 0.15) is 22.3 Å². The molecule has 116 valence electrons. The van der Waals surface area contributed by atoms with E-state index >= 15 is 0 Å². The molecule has 5 heteroatoms. The topological polar surface area (TPSA) is 33.5 Å². The van der Waals surface area contributed by atoms with Crippen molar-refractivity contribution >= 4 is 29.4 Å². The molecule has 1 aliphatic rings. The molecule has 0 radical (unpaired) electrons. The summed E-state index contributed by atoms with van der Waals surface area (Å²) in [7, 11) is 0. The molecule has 22 heavy (non-hydrogen) atoms. The highest BCUT2D eigenvalue weighted by Gasteiger charge is 2.32. The lowest BCUT2D eigenvalue weighted by Gasteiger charge is -2.25. The zero-order chi connectivity index (χ0) is 15.4. The molecular formula is C17H19NO2S2. The number of carbonyl (C=O) groups excluding carboxylic acids is 1. The molecule has 1 unspecified atom stereocenters. The number of carbonyl (C=O) groups is 1. The summed E-state index contributed by atoms with van der Waals surface area (Å²) in [6, 6.07) is 12.2. The second-order valence-corrected chi connectivity index (χ2v) is 7.41. The standard InChI is InChI=1S/C17H19NO2S2/c1-13-5-2-3-7-15(13)17-18(16(19)12-22-17)8-10-21-11-14-6-4-9-20-14/h2-7,9,17H,8,10-12H2,1H3. The van der Waals surface area contributed by atoms with Crippen LogP contribution >= 0.6 is 23.5 Å². The van der Waals surface area contributed by atoms with Gasteiger partial charge in [-0.15, -0.1) is 11.8 Å². The maximum atomic E-state index is 12.2. The number of thioether (sulfide) groups is 2. The minimum Gasteiger partial charge on any atom is -0.468 e. The van der Waals surface area contributed by atoms with Crippen molar-refractivity contribution < 1.29 is 9.21 Å². The molecule has 3 nitrogen and oxygen atoms in total. The first-order chi connectivity index (χ1) is 10.8. The minimum atomic E-state index is 0.165. The van der Waals surface area contributed by atoms with Crippen LogP contribution in [0.2, 0.25) is 0 Å². The lowest BCUT2D eigenvalue weighted by atomic mass is 10.1. The molecule has 2 heterocycles. The van der Waals surface area contributed by atoms with Gasteiger partial charge >= 0.3 is 0 Å². The molecule has 0 aliphatic carbocycles. The van der Waals surface area contributed by atoms with Crippen LogP contribution in [0.5, 0.6) is 0 Å². The third kappa shape index (κ3) is 3.52. The average molecular weight is 333 g/mol. The van der Waals surface area contributed by atoms with Crippen molar-refractivity contribution in [2.24, 2.45) is 0 Å². The van der Waals surface area contributed by atoms with Gasteiger partial charge in [-0.3, -0.25) is 4.79 Å². The van der Waals surface area contributed by atoms with Gasteiger partial charge in [0.25, 0.3) is 0 Å². The van der Waals surface area contributed by atoms with E-state index < -0.39 is 0 Å². The normalized spacial score (nSPS) is 18.1. The second-order valence-electron chi connectivity index (χ2n) is 5.24. The minimum absolute atomic E-state index is 0.165. The summed E-state index contributed by atoms with van der Waals surface area (Å²) in [6.45, 7) is 2.90. The average Bonchev–Trinajstić information content (AvgIpc) is 3.15. The van der Waals surface area contributed by atoms with E-state index in [1.54, 1.807) is 29.8 Å². The molecule has 0 spiro atoms. The van der Waals surface area contributed by atoms with E-state index in [0.717, 1.165) is 23.8 Å². The molecule has 1 aliphatic heterocycles. The van der Waals surface area contributed by atoms with Crippen molar-refractivity contribution in [2.45, 2.75) is 18.1 Å². The van der Waals surface area contributed by atoms with Gasteiger partial charge in [-0.1, -0.05) is 24.3 Å². The summed E-state index contributed by atoms with van der Waals surface area (Å²) < 4.78 is 5.33. The largest absolute Gasteiger partial charge is 0.468 e. The Labute approximate surface area is 139 Å². The Bertz CT molecular complexity index is 627. The predicted molar refractivity (Wildman–Crippen MR) is 93.0 cm³/mol. The van der Waals surface area contributed by atoms with E-state index in [2.05, 4.69) is 25.1 Å². The monoisotopic (exact) mass is 333 g/mol. The van der Waals surface area contributed by atoms with E-state index in [1.165, 1.54) is 11.1 Å². The smallest absolute Gasteiger partial charge is 0.233 e. The van der Waals surface area contributed by atoms with Gasteiger partial charge in [-0.05, 0) is 30.2 Å². The Kier molecular flexibility index (Phi) is 5.16. The summed E-state index contributed by atoms with van der Waals surface area (Å²) in [6.07, 6.45) is 1.70. The molecule has 1 saturated heterocycles. The summed E-state index contributed by atoms with van der Waals surface area (Å²) in [5, 5.41) is 0.165. The number of benzene rings is 1. The number of amides is 1. The molecule has 0 saturated carbocycles. The Hall–Kier alpha value is -1.33. The zero-order valence-corrected chi connectivity index (χ0v) is 14.2. The van der Waals surface area contributed by atoms with Crippen molar-refractivity contribution in [2.75, 3.05) is 18.1 Å². The number of hydrogen-bond acceptors (Lipinski definition) is 4. The number of hydrogen-bond donors (Lipinski definition) is 0. The van der Waals surface area contributed by atoms with Gasteiger partial charge in [0.15, 0.2) is 0 Å². The van der Waals surface area contributed by atoms with Crippen LogP contribution in [0.15, 0.2) is 47.1 Å². The molecule has 0 bridgehead atoms. The van der Waals surface area contributed by atoms with Gasteiger partial charge in [-0.2, -0.15) is 11.8 Å². The van der Waals surface area contributed by atoms with Crippen LogP contribution in [0.4, 0.5) is 0 Å². The molecule has 3 rings (SSSR count). The summed E-state index contributed by atoms with van der Waals surface area (Å²) >= 11 is 3.53. The number of rotatable bonds is 6. The molecule has 1 aromatic carbocycles. The fourth-order valence-corrected chi connectivity index (χ4v) is 4.70. The van der Waals surface area contributed by atoms with Gasteiger partial charge in [0.1, 0.15) is 11.1 Å². The van der Waals surface area contributed by atoms with Gasteiger partial charge in [-0.25, -0.2) is 0 Å². The maximum Gasteiger partial charge on any atom is 0.233 e. The van der Waals surface area contributed by atoms with Crippen molar-refractivity contribution in [3.05, 3.63) is 59.5 Å². The molecular weight excluding hydrogens is 314 g/mol. The maximum absolute atomic E-state index is 12.2. The molecule has 1 atom stereocenters. The van der Waals surface area contributed by atoms with E-state index in [4.69, 9.17) is 4.42 Å². The Balaban J connectivity index is 1.58. The van der Waals surface area contributed by atoms with Gasteiger partial charge in [0.05, 0.1) is 17.8 Å². The van der Waals surface area contributed by atoms with E-state index in [0.29, 0.717) is 5.75 Å². The van der Waals surface area contributed by atoms with Crippen LogP contribution in [-0.2, 0) is 10.5 Å². The second kappa shape index (κ2) is 7.29. The Morgan fingerprint density at radius 3 is 2.95 bits per heavy atom. The first-order valence-electron chi connectivity index (χ1n) is 7.32. The summed E-state index contributed by atoms with van der Waals surface area (Å²) in [5.41, 5.74) is 2.51. The summed E-state index contributed by atoms with van der Waals surface area (Å²) in [5.74, 6) is 3.61. The zero-order valence-electron chi connectivity index (χ0n) is 12.5. The third-order valence-electron chi connectivity index (χ3n) is 3.72.